The lowest BCUT2D eigenvalue weighted by molar-refractivity contribution is 0.962. The van der Waals surface area contributed by atoms with Gasteiger partial charge < -0.3 is 4.98 Å². The molecule has 0 aliphatic rings. The number of benzene rings is 1. The summed E-state index contributed by atoms with van der Waals surface area (Å²) < 4.78 is 1.82. The standard InChI is InChI=1S/C16H11N3O/c20-16-14-4-2-1-3-13(14)15(10-17-16)11-6-8-19-12(9-11)5-7-18-19/h1-10H,(H,17,20). The van der Waals surface area contributed by atoms with Crippen molar-refractivity contribution < 1.29 is 0 Å². The fraction of sp³-hybridized carbons (Fsp3) is 0. The number of aromatic amines is 1. The van der Waals surface area contributed by atoms with Gasteiger partial charge >= 0.3 is 0 Å². The Morgan fingerprint density at radius 1 is 1.05 bits per heavy atom. The summed E-state index contributed by atoms with van der Waals surface area (Å²) in [6, 6.07) is 13.7. The molecule has 1 N–H and O–H groups in total. The first kappa shape index (κ1) is 11.0. The Kier molecular flexibility index (Phi) is 2.23. The van der Waals surface area contributed by atoms with Crippen molar-refractivity contribution in [3.8, 4) is 11.1 Å². The average molecular weight is 261 g/mol. The van der Waals surface area contributed by atoms with Crippen molar-refractivity contribution in [1.29, 1.82) is 0 Å². The Morgan fingerprint density at radius 2 is 1.90 bits per heavy atom. The molecule has 20 heavy (non-hydrogen) atoms. The molecular formula is C16H11N3O. The normalized spacial score (nSPS) is 11.2. The van der Waals surface area contributed by atoms with Gasteiger partial charge in [-0.1, -0.05) is 18.2 Å². The third kappa shape index (κ3) is 1.55. The van der Waals surface area contributed by atoms with Crippen molar-refractivity contribution in [3.05, 3.63) is 71.4 Å². The zero-order valence-electron chi connectivity index (χ0n) is 10.6. The number of aromatic nitrogens is 3. The van der Waals surface area contributed by atoms with Gasteiger partial charge in [0.05, 0.1) is 5.52 Å². The second kappa shape index (κ2) is 4.06. The summed E-state index contributed by atoms with van der Waals surface area (Å²) >= 11 is 0. The molecule has 0 aliphatic carbocycles. The molecule has 4 rings (SSSR count). The molecule has 0 saturated carbocycles. The first-order chi connectivity index (χ1) is 9.83. The largest absolute Gasteiger partial charge is 0.328 e. The van der Waals surface area contributed by atoms with E-state index in [0.29, 0.717) is 5.39 Å². The summed E-state index contributed by atoms with van der Waals surface area (Å²) in [7, 11) is 0. The van der Waals surface area contributed by atoms with Crippen LogP contribution in [-0.2, 0) is 0 Å². The van der Waals surface area contributed by atoms with Gasteiger partial charge in [0.25, 0.3) is 5.56 Å². The molecule has 0 spiro atoms. The van der Waals surface area contributed by atoms with Gasteiger partial charge in [0.2, 0.25) is 0 Å². The van der Waals surface area contributed by atoms with E-state index < -0.39 is 0 Å². The van der Waals surface area contributed by atoms with Crippen molar-refractivity contribution in [1.82, 2.24) is 14.6 Å². The molecule has 0 unspecified atom stereocenters. The maximum atomic E-state index is 11.9. The van der Waals surface area contributed by atoms with E-state index in [1.165, 1.54) is 0 Å². The van der Waals surface area contributed by atoms with Crippen molar-refractivity contribution in [3.63, 3.8) is 0 Å². The second-order valence-corrected chi connectivity index (χ2v) is 4.69. The van der Waals surface area contributed by atoms with Gasteiger partial charge in [0.15, 0.2) is 0 Å². The minimum atomic E-state index is -0.0604. The summed E-state index contributed by atoms with van der Waals surface area (Å²) in [6.45, 7) is 0. The number of fused-ring (bicyclic) bond motifs is 2. The third-order valence-electron chi connectivity index (χ3n) is 3.52. The quantitative estimate of drug-likeness (QED) is 0.573. The van der Waals surface area contributed by atoms with E-state index in [4.69, 9.17) is 0 Å². The molecule has 4 aromatic rings. The van der Waals surface area contributed by atoms with E-state index in [-0.39, 0.29) is 5.56 Å². The molecule has 4 nitrogen and oxygen atoms in total. The van der Waals surface area contributed by atoms with Crippen molar-refractivity contribution in [2.45, 2.75) is 0 Å². The number of nitrogens with zero attached hydrogens (tertiary/aromatic N) is 2. The lowest BCUT2D eigenvalue weighted by atomic mass is 10.0. The molecule has 4 heteroatoms. The Morgan fingerprint density at radius 3 is 2.80 bits per heavy atom. The first-order valence-electron chi connectivity index (χ1n) is 6.37. The van der Waals surface area contributed by atoms with Crippen LogP contribution in [0, 0.1) is 0 Å². The van der Waals surface area contributed by atoms with Crippen LogP contribution in [0.2, 0.25) is 0 Å². The van der Waals surface area contributed by atoms with Crippen LogP contribution >= 0.6 is 0 Å². The maximum absolute atomic E-state index is 11.9. The van der Waals surface area contributed by atoms with E-state index >= 15 is 0 Å². The Bertz CT molecular complexity index is 982. The van der Waals surface area contributed by atoms with Gasteiger partial charge in [0.1, 0.15) is 0 Å². The van der Waals surface area contributed by atoms with Crippen LogP contribution < -0.4 is 5.56 Å². The summed E-state index contributed by atoms with van der Waals surface area (Å²) in [4.78, 5) is 14.7. The predicted molar refractivity (Wildman–Crippen MR) is 78.8 cm³/mol. The van der Waals surface area contributed by atoms with E-state index in [2.05, 4.69) is 16.1 Å². The first-order valence-corrected chi connectivity index (χ1v) is 6.37. The Labute approximate surface area is 114 Å². The van der Waals surface area contributed by atoms with Crippen LogP contribution in [0.15, 0.2) is 65.8 Å². The van der Waals surface area contributed by atoms with Gasteiger partial charge in [-0.05, 0) is 35.2 Å². The molecule has 0 amide bonds. The summed E-state index contributed by atoms with van der Waals surface area (Å²) in [5, 5.41) is 5.85. The molecule has 0 aliphatic heterocycles. The number of nitrogens with one attached hydrogen (secondary N) is 1. The molecule has 3 heterocycles. The molecule has 0 bridgehead atoms. The molecule has 0 saturated heterocycles. The SMILES string of the molecule is O=c1[nH]cc(-c2ccn3nccc3c2)c2ccccc12. The van der Waals surface area contributed by atoms with Gasteiger partial charge in [0, 0.05) is 29.5 Å². The monoisotopic (exact) mass is 261 g/mol. The fourth-order valence-corrected chi connectivity index (χ4v) is 2.54. The molecule has 96 valence electrons. The van der Waals surface area contributed by atoms with Crippen LogP contribution in [-0.4, -0.2) is 14.6 Å². The molecule has 0 radical (unpaired) electrons. The lowest BCUT2D eigenvalue weighted by Crippen LogP contribution is -2.05. The Hall–Kier alpha value is -2.88. The number of pyridine rings is 2. The third-order valence-corrected chi connectivity index (χ3v) is 3.52. The number of hydrogen-bond donors (Lipinski definition) is 1. The van der Waals surface area contributed by atoms with Crippen LogP contribution in [0.4, 0.5) is 0 Å². The second-order valence-electron chi connectivity index (χ2n) is 4.69. The van der Waals surface area contributed by atoms with E-state index in [1.54, 1.807) is 12.4 Å². The summed E-state index contributed by atoms with van der Waals surface area (Å²) in [5.41, 5.74) is 3.04. The van der Waals surface area contributed by atoms with Crippen LogP contribution in [0.25, 0.3) is 27.4 Å². The van der Waals surface area contributed by atoms with Crippen molar-refractivity contribution in [2.24, 2.45) is 0 Å². The molecule has 3 aromatic heterocycles. The van der Waals surface area contributed by atoms with Crippen LogP contribution in [0.3, 0.4) is 0 Å². The average Bonchev–Trinajstić information content (AvgIpc) is 2.95. The van der Waals surface area contributed by atoms with Gasteiger partial charge in [-0.25, -0.2) is 4.52 Å². The van der Waals surface area contributed by atoms with Crippen molar-refractivity contribution >= 4 is 16.3 Å². The summed E-state index contributed by atoms with van der Waals surface area (Å²) in [5.74, 6) is 0. The number of rotatable bonds is 1. The highest BCUT2D eigenvalue weighted by molar-refractivity contribution is 5.96. The summed E-state index contributed by atoms with van der Waals surface area (Å²) in [6.07, 6.45) is 5.46. The number of hydrogen-bond acceptors (Lipinski definition) is 2. The van der Waals surface area contributed by atoms with Gasteiger partial charge in [-0.2, -0.15) is 5.10 Å². The molecule has 1 aromatic carbocycles. The minimum Gasteiger partial charge on any atom is -0.328 e. The van der Waals surface area contributed by atoms with E-state index in [0.717, 1.165) is 22.0 Å². The lowest BCUT2D eigenvalue weighted by Gasteiger charge is -2.06. The topological polar surface area (TPSA) is 50.2 Å². The predicted octanol–water partition coefficient (Wildman–Crippen LogP) is 2.84. The zero-order valence-corrected chi connectivity index (χ0v) is 10.6. The van der Waals surface area contributed by atoms with E-state index in [1.807, 2.05) is 47.1 Å². The zero-order chi connectivity index (χ0) is 13.5. The van der Waals surface area contributed by atoms with E-state index in [9.17, 15) is 4.79 Å². The molecule has 0 fully saturated rings. The van der Waals surface area contributed by atoms with Crippen LogP contribution in [0.1, 0.15) is 0 Å². The van der Waals surface area contributed by atoms with Gasteiger partial charge in [-0.15, -0.1) is 0 Å². The fourth-order valence-electron chi connectivity index (χ4n) is 2.54. The Balaban J connectivity index is 2.06. The minimum absolute atomic E-state index is 0.0604. The number of H-pyrrole nitrogens is 1. The van der Waals surface area contributed by atoms with Crippen LogP contribution in [0.5, 0.6) is 0 Å². The van der Waals surface area contributed by atoms with Crippen molar-refractivity contribution in [2.75, 3.05) is 0 Å². The highest BCUT2D eigenvalue weighted by Crippen LogP contribution is 2.26. The maximum Gasteiger partial charge on any atom is 0.255 e. The molecular weight excluding hydrogens is 250 g/mol. The smallest absolute Gasteiger partial charge is 0.255 e. The highest BCUT2D eigenvalue weighted by atomic mass is 16.1. The highest BCUT2D eigenvalue weighted by Gasteiger charge is 2.07. The molecule has 0 atom stereocenters. The van der Waals surface area contributed by atoms with Gasteiger partial charge in [-0.3, -0.25) is 4.79 Å².